The number of nitro benzene ring substituents is 1. The molecule has 0 heterocycles. The molecule has 0 fully saturated rings. The molecule has 0 aliphatic carbocycles. The molecule has 0 saturated heterocycles. The van der Waals surface area contributed by atoms with Gasteiger partial charge < -0.3 is 14.8 Å². The first kappa shape index (κ1) is 13.8. The summed E-state index contributed by atoms with van der Waals surface area (Å²) in [5.74, 6) is -0.287. The third-order valence-electron chi connectivity index (χ3n) is 2.31. The number of nitrogens with one attached hydrogen (secondary N) is 1. The lowest BCUT2D eigenvalue weighted by Gasteiger charge is -2.13. The molecule has 7 nitrogen and oxygen atoms in total. The lowest BCUT2D eigenvalue weighted by atomic mass is 10.2. The van der Waals surface area contributed by atoms with E-state index in [9.17, 15) is 14.9 Å². The molecule has 1 unspecified atom stereocenters. The number of anilines is 1. The molecule has 0 bridgehead atoms. The lowest BCUT2D eigenvalue weighted by molar-refractivity contribution is -0.385. The SMILES string of the molecule is COC(=O)C(C)Nc1ccc(OC)c([N+](=O)[O-])c1. The quantitative estimate of drug-likeness (QED) is 0.487. The van der Waals surface area contributed by atoms with Crippen LogP contribution in [0.15, 0.2) is 18.2 Å². The van der Waals surface area contributed by atoms with Crippen molar-refractivity contribution in [1.29, 1.82) is 0 Å². The summed E-state index contributed by atoms with van der Waals surface area (Å²) in [4.78, 5) is 21.5. The number of nitro groups is 1. The Morgan fingerprint density at radius 3 is 2.61 bits per heavy atom. The van der Waals surface area contributed by atoms with Gasteiger partial charge in [-0.05, 0) is 19.1 Å². The zero-order valence-electron chi connectivity index (χ0n) is 10.3. The van der Waals surface area contributed by atoms with Crippen LogP contribution in [-0.2, 0) is 9.53 Å². The fourth-order valence-corrected chi connectivity index (χ4v) is 1.41. The van der Waals surface area contributed by atoms with Gasteiger partial charge in [-0.2, -0.15) is 0 Å². The van der Waals surface area contributed by atoms with Crippen LogP contribution < -0.4 is 10.1 Å². The van der Waals surface area contributed by atoms with Crippen molar-refractivity contribution in [3.05, 3.63) is 28.3 Å². The zero-order chi connectivity index (χ0) is 13.7. The van der Waals surface area contributed by atoms with Crippen molar-refractivity contribution in [2.45, 2.75) is 13.0 Å². The Bertz CT molecular complexity index is 461. The van der Waals surface area contributed by atoms with Crippen LogP contribution in [-0.4, -0.2) is 31.2 Å². The van der Waals surface area contributed by atoms with Crippen molar-refractivity contribution < 1.29 is 19.2 Å². The fourth-order valence-electron chi connectivity index (χ4n) is 1.41. The standard InChI is InChI=1S/C11H14N2O5/c1-7(11(14)18-3)12-8-4-5-10(17-2)9(6-8)13(15)16/h4-7,12H,1-3H3. The monoisotopic (exact) mass is 254 g/mol. The smallest absolute Gasteiger partial charge is 0.327 e. The van der Waals surface area contributed by atoms with Gasteiger partial charge in [0.1, 0.15) is 6.04 Å². The predicted octanol–water partition coefficient (Wildman–Crippen LogP) is 1.58. The van der Waals surface area contributed by atoms with Crippen molar-refractivity contribution in [2.24, 2.45) is 0 Å². The van der Waals surface area contributed by atoms with Crippen LogP contribution in [0.1, 0.15) is 6.92 Å². The van der Waals surface area contributed by atoms with E-state index in [-0.39, 0.29) is 11.4 Å². The van der Waals surface area contributed by atoms with E-state index in [0.29, 0.717) is 5.69 Å². The van der Waals surface area contributed by atoms with Crippen LogP contribution in [0.3, 0.4) is 0 Å². The normalized spacial score (nSPS) is 11.5. The van der Waals surface area contributed by atoms with E-state index in [1.165, 1.54) is 26.4 Å². The van der Waals surface area contributed by atoms with Crippen molar-refractivity contribution >= 4 is 17.3 Å². The third kappa shape index (κ3) is 3.09. The molecule has 0 amide bonds. The minimum Gasteiger partial charge on any atom is -0.490 e. The molecular weight excluding hydrogens is 240 g/mol. The molecule has 0 spiro atoms. The van der Waals surface area contributed by atoms with Gasteiger partial charge in [-0.15, -0.1) is 0 Å². The predicted molar refractivity (Wildman–Crippen MR) is 64.7 cm³/mol. The molecule has 0 aromatic heterocycles. The molecule has 98 valence electrons. The van der Waals surface area contributed by atoms with Crippen LogP contribution in [0.4, 0.5) is 11.4 Å². The summed E-state index contributed by atoms with van der Waals surface area (Å²) in [6.07, 6.45) is 0. The molecule has 18 heavy (non-hydrogen) atoms. The Kier molecular flexibility index (Phi) is 4.47. The highest BCUT2D eigenvalue weighted by molar-refractivity contribution is 5.79. The summed E-state index contributed by atoms with van der Waals surface area (Å²) in [7, 11) is 2.63. The van der Waals surface area contributed by atoms with Crippen molar-refractivity contribution in [1.82, 2.24) is 0 Å². The van der Waals surface area contributed by atoms with E-state index in [4.69, 9.17) is 4.74 Å². The van der Waals surface area contributed by atoms with E-state index >= 15 is 0 Å². The van der Waals surface area contributed by atoms with Crippen LogP contribution in [0.2, 0.25) is 0 Å². The largest absolute Gasteiger partial charge is 0.490 e. The van der Waals surface area contributed by atoms with E-state index in [0.717, 1.165) is 0 Å². The molecule has 1 rings (SSSR count). The Hall–Kier alpha value is -2.31. The Balaban J connectivity index is 2.95. The zero-order valence-corrected chi connectivity index (χ0v) is 10.3. The second kappa shape index (κ2) is 5.85. The van der Waals surface area contributed by atoms with Crippen molar-refractivity contribution in [2.75, 3.05) is 19.5 Å². The van der Waals surface area contributed by atoms with E-state index < -0.39 is 16.9 Å². The Morgan fingerprint density at radius 2 is 2.11 bits per heavy atom. The number of carbonyl (C=O) groups is 1. The van der Waals surface area contributed by atoms with Gasteiger partial charge in [-0.25, -0.2) is 4.79 Å². The van der Waals surface area contributed by atoms with E-state index in [1.54, 1.807) is 13.0 Å². The highest BCUT2D eigenvalue weighted by atomic mass is 16.6. The van der Waals surface area contributed by atoms with Gasteiger partial charge >= 0.3 is 11.7 Å². The van der Waals surface area contributed by atoms with E-state index in [2.05, 4.69) is 10.1 Å². The van der Waals surface area contributed by atoms with Gasteiger partial charge in [0.15, 0.2) is 5.75 Å². The number of benzene rings is 1. The minimum atomic E-state index is -0.594. The van der Waals surface area contributed by atoms with Crippen molar-refractivity contribution in [3.63, 3.8) is 0 Å². The van der Waals surface area contributed by atoms with Gasteiger partial charge in [0.2, 0.25) is 0 Å². The molecule has 0 aliphatic rings. The second-order valence-corrected chi connectivity index (χ2v) is 3.53. The van der Waals surface area contributed by atoms with Crippen LogP contribution >= 0.6 is 0 Å². The summed E-state index contributed by atoms with van der Waals surface area (Å²) in [5, 5.41) is 13.6. The molecular formula is C11H14N2O5. The maximum atomic E-state index is 11.2. The van der Waals surface area contributed by atoms with Crippen LogP contribution in [0.25, 0.3) is 0 Å². The van der Waals surface area contributed by atoms with Crippen LogP contribution in [0.5, 0.6) is 5.75 Å². The van der Waals surface area contributed by atoms with E-state index in [1.807, 2.05) is 0 Å². The summed E-state index contributed by atoms with van der Waals surface area (Å²) >= 11 is 0. The number of ether oxygens (including phenoxy) is 2. The average molecular weight is 254 g/mol. The average Bonchev–Trinajstić information content (AvgIpc) is 2.37. The topological polar surface area (TPSA) is 90.7 Å². The minimum absolute atomic E-state index is 0.163. The molecule has 1 N–H and O–H groups in total. The highest BCUT2D eigenvalue weighted by Crippen LogP contribution is 2.29. The number of carbonyl (C=O) groups excluding carboxylic acids is 1. The number of esters is 1. The summed E-state index contributed by atoms with van der Waals surface area (Å²) < 4.78 is 9.42. The van der Waals surface area contributed by atoms with Gasteiger partial charge in [0.05, 0.1) is 19.1 Å². The maximum Gasteiger partial charge on any atom is 0.327 e. The molecule has 1 aromatic carbocycles. The molecule has 0 aliphatic heterocycles. The second-order valence-electron chi connectivity index (χ2n) is 3.53. The Morgan fingerprint density at radius 1 is 1.44 bits per heavy atom. The summed E-state index contributed by atoms with van der Waals surface area (Å²) in [6, 6.07) is 3.76. The lowest BCUT2D eigenvalue weighted by Crippen LogP contribution is -2.27. The molecule has 1 atom stereocenters. The van der Waals surface area contributed by atoms with Crippen LogP contribution in [0, 0.1) is 10.1 Å². The van der Waals surface area contributed by atoms with Crippen molar-refractivity contribution in [3.8, 4) is 5.75 Å². The first-order chi connectivity index (χ1) is 8.49. The fraction of sp³-hybridized carbons (Fsp3) is 0.364. The first-order valence-electron chi connectivity index (χ1n) is 5.16. The molecule has 1 aromatic rings. The molecule has 0 saturated carbocycles. The highest BCUT2D eigenvalue weighted by Gasteiger charge is 2.18. The molecule has 0 radical (unpaired) electrons. The summed E-state index contributed by atoms with van der Waals surface area (Å²) in [5.41, 5.74) is 0.278. The number of hydrogen-bond donors (Lipinski definition) is 1. The number of rotatable bonds is 5. The number of hydrogen-bond acceptors (Lipinski definition) is 6. The first-order valence-corrected chi connectivity index (χ1v) is 5.16. The third-order valence-corrected chi connectivity index (χ3v) is 2.31. The number of methoxy groups -OCH3 is 2. The van der Waals surface area contributed by atoms with Gasteiger partial charge in [0.25, 0.3) is 0 Å². The number of nitrogens with zero attached hydrogens (tertiary/aromatic N) is 1. The van der Waals surface area contributed by atoms with Gasteiger partial charge in [-0.3, -0.25) is 10.1 Å². The maximum absolute atomic E-state index is 11.2. The Labute approximate surface area is 104 Å². The van der Waals surface area contributed by atoms with Gasteiger partial charge in [-0.1, -0.05) is 0 Å². The summed E-state index contributed by atoms with van der Waals surface area (Å²) in [6.45, 7) is 1.60. The molecule has 7 heteroatoms. The van der Waals surface area contributed by atoms with Gasteiger partial charge in [0, 0.05) is 11.8 Å².